The molecule has 0 N–H and O–H groups in total. The van der Waals surface area contributed by atoms with Gasteiger partial charge < -0.3 is 30.6 Å². The molecule has 0 aliphatic carbocycles. The molecule has 0 fully saturated rings. The minimum Gasteiger partial charge on any atom is -0.850 e. The van der Waals surface area contributed by atoms with E-state index in [0.29, 0.717) is 0 Å². The van der Waals surface area contributed by atoms with E-state index in [-0.39, 0.29) is 93.2 Å². The minimum atomic E-state index is -0.813. The van der Waals surface area contributed by atoms with Crippen molar-refractivity contribution in [3.8, 4) is 0 Å². The van der Waals surface area contributed by atoms with E-state index < -0.39 is 33.6 Å². The topological polar surface area (TPSA) is 138 Å². The summed E-state index contributed by atoms with van der Waals surface area (Å²) in [5.74, 6) is 0.813. The van der Waals surface area contributed by atoms with Crippen LogP contribution in [0.3, 0.4) is 0 Å². The third-order valence-electron chi connectivity index (χ3n) is 9.92. The SMILES string of the molecule is CCC(CCCCCC(C)(C)[O-])C(C)(C)[O-].CCC(CCCCCC(C)(C)[O-])C(C)(C)[O-].CCC(CCCCCC(C)(C)[O-])C(C)(C)[O-].[Ho+3].[Ho+3]. The van der Waals surface area contributed by atoms with Crippen LogP contribution in [0.4, 0.5) is 0 Å². The van der Waals surface area contributed by atoms with Crippen LogP contribution in [-0.4, -0.2) is 33.6 Å². The molecule has 0 bridgehead atoms. The predicted octanol–water partition coefficient (Wildman–Crippen LogP) is 6.72. The van der Waals surface area contributed by atoms with Crippen LogP contribution < -0.4 is 30.6 Å². The summed E-state index contributed by atoms with van der Waals surface area (Å²) in [4.78, 5) is 0. The fourth-order valence-electron chi connectivity index (χ4n) is 6.48. The first-order valence-electron chi connectivity index (χ1n) is 19.7. The smallest absolute Gasteiger partial charge is 0.850 e. The van der Waals surface area contributed by atoms with Gasteiger partial charge in [0.1, 0.15) is 0 Å². The van der Waals surface area contributed by atoms with Gasteiger partial charge in [0.15, 0.2) is 0 Å². The van der Waals surface area contributed by atoms with Gasteiger partial charge in [-0.3, -0.25) is 0 Å². The quantitative estimate of drug-likeness (QED) is 0.0778. The van der Waals surface area contributed by atoms with Gasteiger partial charge in [0.05, 0.1) is 0 Å². The molecule has 0 radical (unpaired) electrons. The Morgan fingerprint density at radius 1 is 0.320 bits per heavy atom. The third-order valence-corrected chi connectivity index (χ3v) is 9.92. The first-order valence-corrected chi connectivity index (χ1v) is 19.7. The Bertz CT molecular complexity index is 634. The molecule has 0 aromatic heterocycles. The zero-order valence-corrected chi connectivity index (χ0v) is 39.4. The van der Waals surface area contributed by atoms with Crippen molar-refractivity contribution in [1.82, 2.24) is 0 Å². The summed E-state index contributed by atoms with van der Waals surface area (Å²) in [6.45, 7) is 27.4. The second-order valence-electron chi connectivity index (χ2n) is 18.2. The molecule has 0 aromatic rings. The van der Waals surface area contributed by atoms with Gasteiger partial charge in [0.25, 0.3) is 0 Å². The maximum atomic E-state index is 11.8. The fourth-order valence-corrected chi connectivity index (χ4v) is 6.48. The first kappa shape index (κ1) is 61.5. The molecular formula is C42H84Ho2O6. The molecule has 0 aliphatic heterocycles. The second-order valence-corrected chi connectivity index (χ2v) is 18.2. The molecule has 310 valence electrons. The first-order chi connectivity index (χ1) is 21.5. The molecule has 50 heavy (non-hydrogen) atoms. The van der Waals surface area contributed by atoms with E-state index in [9.17, 15) is 30.6 Å². The molecule has 3 unspecified atom stereocenters. The summed E-state index contributed by atoms with van der Waals surface area (Å²) >= 11 is 0. The van der Waals surface area contributed by atoms with E-state index in [1.54, 1.807) is 83.1 Å². The Labute approximate surface area is 373 Å². The van der Waals surface area contributed by atoms with Crippen molar-refractivity contribution >= 4 is 0 Å². The molecule has 8 heteroatoms. The molecule has 3 atom stereocenters. The fraction of sp³-hybridized carbons (Fsp3) is 1.00. The normalized spacial score (nSPS) is 14.6. The van der Waals surface area contributed by atoms with E-state index in [1.807, 2.05) is 0 Å². The maximum Gasteiger partial charge on any atom is 3.00 e. The summed E-state index contributed by atoms with van der Waals surface area (Å²) in [6, 6.07) is 0. The summed E-state index contributed by atoms with van der Waals surface area (Å²) < 4.78 is 0. The van der Waals surface area contributed by atoms with E-state index in [4.69, 9.17) is 0 Å². The number of unbranched alkanes of at least 4 members (excludes halogenated alkanes) is 6. The molecule has 0 heterocycles. The summed E-state index contributed by atoms with van der Waals surface area (Å²) in [6.07, 6.45) is 17.6. The molecule has 6 nitrogen and oxygen atoms in total. The summed E-state index contributed by atoms with van der Waals surface area (Å²) in [5.41, 5.74) is -4.81. The van der Waals surface area contributed by atoms with Crippen molar-refractivity contribution in [1.29, 1.82) is 0 Å². The van der Waals surface area contributed by atoms with Crippen molar-refractivity contribution in [2.45, 2.75) is 253 Å². The van der Waals surface area contributed by atoms with Crippen LogP contribution in [0.1, 0.15) is 219 Å². The third kappa shape index (κ3) is 43.0. The van der Waals surface area contributed by atoms with E-state index in [0.717, 1.165) is 116 Å². The Kier molecular flexibility index (Phi) is 37.4. The van der Waals surface area contributed by atoms with Gasteiger partial charge in [-0.25, -0.2) is 0 Å². The van der Waals surface area contributed by atoms with Crippen molar-refractivity contribution < 1.29 is 106 Å². The Balaban J connectivity index is -0.000000199. The number of rotatable bonds is 24. The van der Waals surface area contributed by atoms with Crippen LogP contribution in [-0.2, 0) is 0 Å². The van der Waals surface area contributed by atoms with Crippen molar-refractivity contribution in [3.63, 3.8) is 0 Å². The van der Waals surface area contributed by atoms with E-state index >= 15 is 0 Å². The van der Waals surface area contributed by atoms with Crippen LogP contribution >= 0.6 is 0 Å². The molecule has 0 aromatic carbocycles. The average molecular weight is 1010 g/mol. The summed E-state index contributed by atoms with van der Waals surface area (Å²) in [5, 5.41) is 69.5. The van der Waals surface area contributed by atoms with Gasteiger partial charge in [-0.2, -0.15) is 0 Å². The van der Waals surface area contributed by atoms with Crippen molar-refractivity contribution in [2.24, 2.45) is 17.8 Å². The van der Waals surface area contributed by atoms with Crippen molar-refractivity contribution in [2.75, 3.05) is 0 Å². The molecule has 0 rings (SSSR count). The van der Waals surface area contributed by atoms with Gasteiger partial charge in [-0.05, 0) is 0 Å². The maximum absolute atomic E-state index is 11.8. The van der Waals surface area contributed by atoms with E-state index in [1.165, 1.54) is 0 Å². The molecule has 0 saturated carbocycles. The van der Waals surface area contributed by atoms with Crippen LogP contribution in [0, 0.1) is 93.2 Å². The van der Waals surface area contributed by atoms with Crippen LogP contribution in [0.5, 0.6) is 0 Å². The monoisotopic (exact) mass is 1010 g/mol. The number of hydrogen-bond donors (Lipinski definition) is 0. The average Bonchev–Trinajstić information content (AvgIpc) is 2.87. The number of hydrogen-bond acceptors (Lipinski definition) is 6. The Morgan fingerprint density at radius 3 is 0.620 bits per heavy atom. The van der Waals surface area contributed by atoms with E-state index in [2.05, 4.69) is 20.8 Å². The molecule has 0 aliphatic rings. The van der Waals surface area contributed by atoms with Gasteiger partial charge in [-0.15, -0.1) is 33.6 Å². The van der Waals surface area contributed by atoms with Gasteiger partial charge in [0, 0.05) is 0 Å². The predicted molar refractivity (Wildman–Crippen MR) is 195 cm³/mol. The summed E-state index contributed by atoms with van der Waals surface area (Å²) in [7, 11) is 0. The largest absolute Gasteiger partial charge is 3.00 e. The zero-order valence-electron chi connectivity index (χ0n) is 35.5. The molecule has 0 spiro atoms. The Morgan fingerprint density at radius 2 is 0.500 bits per heavy atom. The van der Waals surface area contributed by atoms with Gasteiger partial charge in [-0.1, -0.05) is 237 Å². The molecule has 0 saturated heterocycles. The van der Waals surface area contributed by atoms with Gasteiger partial charge >= 0.3 is 75.5 Å². The Hall–Kier alpha value is 2.28. The van der Waals surface area contributed by atoms with Crippen LogP contribution in [0.2, 0.25) is 0 Å². The second kappa shape index (κ2) is 30.4. The van der Waals surface area contributed by atoms with Gasteiger partial charge in [0.2, 0.25) is 0 Å². The van der Waals surface area contributed by atoms with Crippen molar-refractivity contribution in [3.05, 3.63) is 0 Å². The standard InChI is InChI=1S/3C14H28O2.2Ho/c3*1-6-12(14(4,5)16)10-8-7-9-11-13(2,3)15;;/h3*12H,6-11H2,1-5H3;;/q3*-2;2*+3. The van der Waals surface area contributed by atoms with Crippen LogP contribution in [0.25, 0.3) is 0 Å². The minimum absolute atomic E-state index is 0. The van der Waals surface area contributed by atoms with Crippen LogP contribution in [0.15, 0.2) is 0 Å². The molecular weight excluding hydrogens is 930 g/mol. The molecule has 0 amide bonds. The zero-order chi connectivity index (χ0) is 38.5.